The highest BCUT2D eigenvalue weighted by Crippen LogP contribution is 2.37. The summed E-state index contributed by atoms with van der Waals surface area (Å²) in [5.41, 5.74) is -1.05. The molecule has 0 saturated carbocycles. The number of alkyl halides is 3. The molecule has 0 bridgehead atoms. The monoisotopic (exact) mass is 259 g/mol. The number of nitrogens with one attached hydrogen (secondary N) is 1. The summed E-state index contributed by atoms with van der Waals surface area (Å²) >= 11 is 0. The number of anilines is 1. The molecule has 0 aliphatic carbocycles. The zero-order valence-corrected chi connectivity index (χ0v) is 10.4. The Morgan fingerprint density at radius 1 is 1.39 bits per heavy atom. The number of piperazine rings is 1. The summed E-state index contributed by atoms with van der Waals surface area (Å²) in [5.74, 6) is 0.0245. The van der Waals surface area contributed by atoms with Gasteiger partial charge in [-0.05, 0) is 26.0 Å². The van der Waals surface area contributed by atoms with Gasteiger partial charge in [-0.25, -0.2) is 4.98 Å². The van der Waals surface area contributed by atoms with E-state index in [1.807, 2.05) is 13.8 Å². The largest absolute Gasteiger partial charge is 0.419 e. The second-order valence-electron chi connectivity index (χ2n) is 5.01. The van der Waals surface area contributed by atoms with Gasteiger partial charge in [0.2, 0.25) is 0 Å². The predicted molar refractivity (Wildman–Crippen MR) is 63.5 cm³/mol. The van der Waals surface area contributed by atoms with Crippen molar-refractivity contribution in [1.29, 1.82) is 0 Å². The lowest BCUT2D eigenvalue weighted by atomic mass is 9.99. The highest BCUT2D eigenvalue weighted by Gasteiger charge is 2.39. The lowest BCUT2D eigenvalue weighted by molar-refractivity contribution is -0.137. The Balaban J connectivity index is 2.44. The average Bonchev–Trinajstić information content (AvgIpc) is 2.27. The molecule has 1 N–H and O–H groups in total. The summed E-state index contributed by atoms with van der Waals surface area (Å²) in [5, 5.41) is 3.18. The molecule has 0 aromatic carbocycles. The lowest BCUT2D eigenvalue weighted by Crippen LogP contribution is -2.58. The highest BCUT2D eigenvalue weighted by atomic mass is 19.4. The second kappa shape index (κ2) is 4.42. The van der Waals surface area contributed by atoms with Crippen LogP contribution in [0.15, 0.2) is 18.3 Å². The van der Waals surface area contributed by atoms with E-state index in [4.69, 9.17) is 0 Å². The lowest BCUT2D eigenvalue weighted by Gasteiger charge is -2.44. The summed E-state index contributed by atoms with van der Waals surface area (Å²) in [4.78, 5) is 5.67. The van der Waals surface area contributed by atoms with E-state index >= 15 is 0 Å². The maximum absolute atomic E-state index is 13.0. The van der Waals surface area contributed by atoms with E-state index < -0.39 is 11.7 Å². The van der Waals surface area contributed by atoms with E-state index in [-0.39, 0.29) is 11.4 Å². The molecule has 1 fully saturated rings. The van der Waals surface area contributed by atoms with E-state index in [0.717, 1.165) is 6.07 Å². The van der Waals surface area contributed by atoms with Crippen molar-refractivity contribution in [1.82, 2.24) is 10.3 Å². The number of aromatic nitrogens is 1. The minimum atomic E-state index is -4.37. The molecule has 1 aromatic rings. The van der Waals surface area contributed by atoms with Crippen LogP contribution in [0.1, 0.15) is 19.4 Å². The van der Waals surface area contributed by atoms with E-state index in [9.17, 15) is 13.2 Å². The van der Waals surface area contributed by atoms with Gasteiger partial charge in [0.25, 0.3) is 0 Å². The van der Waals surface area contributed by atoms with E-state index in [1.54, 1.807) is 4.90 Å². The number of pyridine rings is 1. The van der Waals surface area contributed by atoms with Gasteiger partial charge in [-0.3, -0.25) is 0 Å². The molecule has 0 radical (unpaired) electrons. The van der Waals surface area contributed by atoms with Crippen LogP contribution in [0.25, 0.3) is 0 Å². The van der Waals surface area contributed by atoms with Crippen LogP contribution in [0.5, 0.6) is 0 Å². The third-order valence-electron chi connectivity index (χ3n) is 3.15. The van der Waals surface area contributed by atoms with Gasteiger partial charge in [-0.1, -0.05) is 0 Å². The molecule has 2 rings (SSSR count). The Hall–Kier alpha value is -1.30. The molecule has 6 heteroatoms. The van der Waals surface area contributed by atoms with Crippen molar-refractivity contribution in [3.05, 3.63) is 23.9 Å². The minimum absolute atomic E-state index is 0.0245. The van der Waals surface area contributed by atoms with Crippen molar-refractivity contribution in [2.75, 3.05) is 24.5 Å². The molecule has 18 heavy (non-hydrogen) atoms. The van der Waals surface area contributed by atoms with Crippen molar-refractivity contribution < 1.29 is 13.2 Å². The zero-order valence-electron chi connectivity index (χ0n) is 10.4. The molecule has 2 heterocycles. The average molecular weight is 259 g/mol. The Kier molecular flexibility index (Phi) is 3.23. The van der Waals surface area contributed by atoms with E-state index in [1.165, 1.54) is 12.3 Å². The van der Waals surface area contributed by atoms with E-state index in [0.29, 0.717) is 19.6 Å². The van der Waals surface area contributed by atoms with Crippen LogP contribution in [-0.2, 0) is 6.18 Å². The number of hydrogen-bond donors (Lipinski definition) is 1. The molecule has 0 amide bonds. The van der Waals surface area contributed by atoms with Gasteiger partial charge in [-0.2, -0.15) is 13.2 Å². The number of nitrogens with zero attached hydrogens (tertiary/aromatic N) is 2. The molecule has 1 saturated heterocycles. The van der Waals surface area contributed by atoms with Crippen LogP contribution >= 0.6 is 0 Å². The van der Waals surface area contributed by atoms with Crippen molar-refractivity contribution in [2.24, 2.45) is 0 Å². The van der Waals surface area contributed by atoms with Crippen LogP contribution in [-0.4, -0.2) is 30.2 Å². The topological polar surface area (TPSA) is 28.2 Å². The number of halogens is 3. The van der Waals surface area contributed by atoms with Crippen molar-refractivity contribution in [3.8, 4) is 0 Å². The first-order chi connectivity index (χ1) is 8.32. The molecular formula is C12H16F3N3. The quantitative estimate of drug-likeness (QED) is 0.838. The predicted octanol–water partition coefficient (Wildman–Crippen LogP) is 2.29. The van der Waals surface area contributed by atoms with Gasteiger partial charge < -0.3 is 10.2 Å². The zero-order chi connectivity index (χ0) is 13.4. The van der Waals surface area contributed by atoms with Crippen molar-refractivity contribution in [2.45, 2.75) is 25.6 Å². The Labute approximate surface area is 104 Å². The van der Waals surface area contributed by atoms with Gasteiger partial charge in [0.1, 0.15) is 5.82 Å². The molecule has 0 atom stereocenters. The highest BCUT2D eigenvalue weighted by molar-refractivity contribution is 5.51. The summed E-state index contributed by atoms with van der Waals surface area (Å²) in [6.07, 6.45) is -2.97. The first-order valence-electron chi connectivity index (χ1n) is 5.83. The molecular weight excluding hydrogens is 243 g/mol. The normalized spacial score (nSPS) is 19.9. The molecule has 100 valence electrons. The van der Waals surface area contributed by atoms with Crippen LogP contribution in [0.3, 0.4) is 0 Å². The van der Waals surface area contributed by atoms with Gasteiger partial charge in [0.05, 0.1) is 5.56 Å². The maximum atomic E-state index is 13.0. The van der Waals surface area contributed by atoms with Crippen molar-refractivity contribution in [3.63, 3.8) is 0 Å². The van der Waals surface area contributed by atoms with Gasteiger partial charge >= 0.3 is 6.18 Å². The summed E-state index contributed by atoms with van der Waals surface area (Å²) in [7, 11) is 0. The third kappa shape index (κ3) is 2.43. The molecule has 1 aliphatic heterocycles. The Bertz CT molecular complexity index is 429. The van der Waals surface area contributed by atoms with Gasteiger partial charge in [0.15, 0.2) is 0 Å². The second-order valence-corrected chi connectivity index (χ2v) is 5.01. The first-order valence-corrected chi connectivity index (χ1v) is 5.83. The maximum Gasteiger partial charge on any atom is 0.419 e. The number of hydrogen-bond acceptors (Lipinski definition) is 3. The molecule has 0 unspecified atom stereocenters. The fraction of sp³-hybridized carbons (Fsp3) is 0.583. The first kappa shape index (κ1) is 13.1. The molecule has 3 nitrogen and oxygen atoms in total. The van der Waals surface area contributed by atoms with Crippen LogP contribution < -0.4 is 10.2 Å². The molecule has 1 aliphatic rings. The minimum Gasteiger partial charge on any atom is -0.348 e. The fourth-order valence-electron chi connectivity index (χ4n) is 2.21. The number of rotatable bonds is 1. The molecule has 0 spiro atoms. The summed E-state index contributed by atoms with van der Waals surface area (Å²) in [6.45, 7) is 5.65. The summed E-state index contributed by atoms with van der Waals surface area (Å²) in [6, 6.07) is 2.40. The van der Waals surface area contributed by atoms with Crippen LogP contribution in [0, 0.1) is 0 Å². The van der Waals surface area contributed by atoms with Crippen LogP contribution in [0.4, 0.5) is 19.0 Å². The third-order valence-corrected chi connectivity index (χ3v) is 3.15. The Morgan fingerprint density at radius 2 is 2.11 bits per heavy atom. The molecule has 1 aromatic heterocycles. The van der Waals surface area contributed by atoms with Gasteiger partial charge in [-0.15, -0.1) is 0 Å². The fourth-order valence-corrected chi connectivity index (χ4v) is 2.21. The van der Waals surface area contributed by atoms with Crippen LogP contribution in [0.2, 0.25) is 0 Å². The van der Waals surface area contributed by atoms with E-state index in [2.05, 4.69) is 10.3 Å². The van der Waals surface area contributed by atoms with Crippen molar-refractivity contribution >= 4 is 5.82 Å². The smallest absolute Gasteiger partial charge is 0.348 e. The SMILES string of the molecule is CC1(C)CNCCN1c1ncccc1C(F)(F)F. The Morgan fingerprint density at radius 3 is 2.72 bits per heavy atom. The summed E-state index contributed by atoms with van der Waals surface area (Å²) < 4.78 is 38.9. The van der Waals surface area contributed by atoms with Gasteiger partial charge in [0, 0.05) is 31.4 Å². The standard InChI is InChI=1S/C12H16F3N3/c1-11(2)8-16-6-7-18(11)10-9(12(13,14)15)4-3-5-17-10/h3-5,16H,6-8H2,1-2H3.